The van der Waals surface area contributed by atoms with E-state index >= 15 is 0 Å². The molecule has 1 aromatic heterocycles. The molecule has 2 heterocycles. The first kappa shape index (κ1) is 57.7. The quantitative estimate of drug-likeness (QED) is 0.0350. The fourth-order valence-electron chi connectivity index (χ4n) is 8.73. The van der Waals surface area contributed by atoms with Gasteiger partial charge in [-0.3, -0.25) is 24.0 Å². The van der Waals surface area contributed by atoms with Crippen molar-refractivity contribution in [3.63, 3.8) is 0 Å². The molecule has 0 radical (unpaired) electrons. The number of carbonyl (C=O) groups is 5. The fourth-order valence-corrected chi connectivity index (χ4v) is 8.73. The van der Waals surface area contributed by atoms with Crippen LogP contribution in [0.5, 0.6) is 11.5 Å². The van der Waals surface area contributed by atoms with E-state index in [-0.39, 0.29) is 31.1 Å². The van der Waals surface area contributed by atoms with Crippen molar-refractivity contribution in [1.29, 1.82) is 0 Å². The predicted octanol–water partition coefficient (Wildman–Crippen LogP) is 8.73. The van der Waals surface area contributed by atoms with E-state index in [1.165, 1.54) is 114 Å². The number of H-pyrrole nitrogens is 1. The second kappa shape index (κ2) is 36.3. The molecule has 0 bridgehead atoms. The minimum absolute atomic E-state index is 0.0357. The first-order valence-corrected chi connectivity index (χ1v) is 26.7. The van der Waals surface area contributed by atoms with Crippen LogP contribution in [0.1, 0.15) is 210 Å². The van der Waals surface area contributed by atoms with E-state index in [4.69, 9.17) is 20.9 Å². The van der Waals surface area contributed by atoms with Gasteiger partial charge < -0.3 is 46.8 Å². The molecule has 0 spiro atoms. The number of nitrogens with two attached hydrogens (primary N) is 2. The third kappa shape index (κ3) is 25.1. The van der Waals surface area contributed by atoms with Gasteiger partial charge in [-0.1, -0.05) is 142 Å². The van der Waals surface area contributed by atoms with Gasteiger partial charge in [0.05, 0.1) is 25.6 Å². The number of rotatable bonds is 41. The summed E-state index contributed by atoms with van der Waals surface area (Å²) in [5.41, 5.74) is 12.8. The first-order chi connectivity index (χ1) is 33.1. The van der Waals surface area contributed by atoms with E-state index < -0.39 is 35.8 Å². The minimum atomic E-state index is -0.990. The topological polar surface area (TPSA) is 224 Å². The first-order valence-electron chi connectivity index (χ1n) is 26.7. The number of hydrogen-bond donors (Lipinski definition) is 6. The van der Waals surface area contributed by atoms with Gasteiger partial charge in [0, 0.05) is 56.0 Å². The smallest absolute Gasteiger partial charge is 0.251 e. The summed E-state index contributed by atoms with van der Waals surface area (Å²) in [5.74, 6) is -0.673. The molecule has 15 nitrogen and oxygen atoms in total. The number of aromatic amines is 1. The van der Waals surface area contributed by atoms with Gasteiger partial charge in [-0.25, -0.2) is 4.98 Å². The lowest BCUT2D eigenvalue weighted by atomic mass is 10.1. The lowest BCUT2D eigenvalue weighted by molar-refractivity contribution is -0.140. The Labute approximate surface area is 408 Å². The standard InChI is InChI=1S/C53H90N8O7/c1-3-5-7-9-11-13-15-17-21-25-34-67-44-36-42(37-45(39-44)68-35-26-22-18-16-14-12-10-8-6-4-2)50(63)57-31-23-19-20-24-32-58-51(64)47(29-30-49(55)62)60-52(65)48-28-27-33-61(48)53(66)46(54)38-43-40-56-41-59-43/h36-37,39-41,46-48H,3-35,38,54H2,1-2H3,(H2,55,62)(H,56,59)(H,57,63)(H,58,64)(H,60,65). The zero-order valence-corrected chi connectivity index (χ0v) is 42.1. The van der Waals surface area contributed by atoms with Gasteiger partial charge in [-0.05, 0) is 57.1 Å². The Morgan fingerprint density at radius 1 is 0.721 bits per heavy atom. The molecular formula is C53H90N8O7. The van der Waals surface area contributed by atoms with Crippen molar-refractivity contribution in [1.82, 2.24) is 30.8 Å². The van der Waals surface area contributed by atoms with Crippen LogP contribution in [0.2, 0.25) is 0 Å². The Hall–Kier alpha value is -4.66. The van der Waals surface area contributed by atoms with E-state index in [1.807, 2.05) is 18.2 Å². The molecule has 1 fully saturated rings. The predicted molar refractivity (Wildman–Crippen MR) is 270 cm³/mol. The molecule has 68 heavy (non-hydrogen) atoms. The highest BCUT2D eigenvalue weighted by Gasteiger charge is 2.37. The summed E-state index contributed by atoms with van der Waals surface area (Å²) < 4.78 is 12.4. The molecule has 0 saturated carbocycles. The molecule has 3 atom stereocenters. The maximum absolute atomic E-state index is 13.4. The molecule has 5 amide bonds. The number of aromatic nitrogens is 2. The van der Waals surface area contributed by atoms with Gasteiger partial charge in [-0.2, -0.15) is 0 Å². The SMILES string of the molecule is CCCCCCCCCCCCOc1cc(OCCCCCCCCCCCC)cc(C(=O)NCCCCCCNC(=O)C(CCC(N)=O)NC(=O)C2CCCN2C(=O)C(N)Cc2cnc[nH]2)c1. The van der Waals surface area contributed by atoms with Crippen molar-refractivity contribution in [3.8, 4) is 11.5 Å². The maximum Gasteiger partial charge on any atom is 0.251 e. The van der Waals surface area contributed by atoms with Crippen LogP contribution in [0.3, 0.4) is 0 Å². The molecule has 2 aromatic rings. The molecule has 1 saturated heterocycles. The monoisotopic (exact) mass is 951 g/mol. The Kier molecular flexibility index (Phi) is 30.8. The van der Waals surface area contributed by atoms with Crippen LogP contribution in [0.25, 0.3) is 0 Å². The van der Waals surface area contributed by atoms with Crippen molar-refractivity contribution in [2.24, 2.45) is 11.5 Å². The van der Waals surface area contributed by atoms with E-state index in [1.54, 1.807) is 6.20 Å². The molecular weight excluding hydrogens is 861 g/mol. The van der Waals surface area contributed by atoms with Crippen molar-refractivity contribution >= 4 is 29.5 Å². The zero-order valence-electron chi connectivity index (χ0n) is 42.1. The number of hydrogen-bond acceptors (Lipinski definition) is 9. The third-order valence-corrected chi connectivity index (χ3v) is 12.8. The molecule has 384 valence electrons. The lowest BCUT2D eigenvalue weighted by Crippen LogP contribution is -2.55. The van der Waals surface area contributed by atoms with Crippen LogP contribution in [0, 0.1) is 0 Å². The Morgan fingerprint density at radius 2 is 1.24 bits per heavy atom. The Bertz CT molecular complexity index is 1650. The van der Waals surface area contributed by atoms with Crippen LogP contribution < -0.4 is 36.9 Å². The molecule has 3 rings (SSSR count). The summed E-state index contributed by atoms with van der Waals surface area (Å²) in [4.78, 5) is 73.3. The summed E-state index contributed by atoms with van der Waals surface area (Å²) in [5, 5.41) is 8.71. The van der Waals surface area contributed by atoms with Crippen LogP contribution in [-0.2, 0) is 25.6 Å². The molecule has 3 unspecified atom stereocenters. The highest BCUT2D eigenvalue weighted by molar-refractivity contribution is 5.95. The third-order valence-electron chi connectivity index (χ3n) is 12.8. The van der Waals surface area contributed by atoms with E-state index in [9.17, 15) is 24.0 Å². The summed E-state index contributed by atoms with van der Waals surface area (Å²) >= 11 is 0. The maximum atomic E-state index is 13.4. The summed E-state index contributed by atoms with van der Waals surface area (Å²) in [7, 11) is 0. The summed E-state index contributed by atoms with van der Waals surface area (Å²) in [6.07, 6.45) is 32.6. The van der Waals surface area contributed by atoms with Crippen LogP contribution in [0.4, 0.5) is 0 Å². The highest BCUT2D eigenvalue weighted by Crippen LogP contribution is 2.25. The van der Waals surface area contributed by atoms with Gasteiger partial charge in [0.25, 0.3) is 5.91 Å². The summed E-state index contributed by atoms with van der Waals surface area (Å²) in [6, 6.07) is 2.91. The summed E-state index contributed by atoms with van der Waals surface area (Å²) in [6.45, 7) is 6.97. The second-order valence-electron chi connectivity index (χ2n) is 18.9. The highest BCUT2D eigenvalue weighted by atomic mass is 16.5. The Balaban J connectivity index is 1.40. The largest absolute Gasteiger partial charge is 0.493 e. The van der Waals surface area contributed by atoms with Crippen LogP contribution >= 0.6 is 0 Å². The molecule has 1 aliphatic heterocycles. The van der Waals surface area contributed by atoms with E-state index in [0.29, 0.717) is 74.9 Å². The fraction of sp³-hybridized carbons (Fsp3) is 0.736. The molecule has 15 heteroatoms. The number of benzene rings is 1. The number of likely N-dealkylation sites (tertiary alicyclic amines) is 1. The normalized spacial score (nSPS) is 14.3. The molecule has 8 N–H and O–H groups in total. The zero-order chi connectivity index (χ0) is 49.0. The minimum Gasteiger partial charge on any atom is -0.493 e. The van der Waals surface area contributed by atoms with Gasteiger partial charge in [-0.15, -0.1) is 0 Å². The Morgan fingerprint density at radius 3 is 1.75 bits per heavy atom. The number of carbonyl (C=O) groups excluding carboxylic acids is 5. The van der Waals surface area contributed by atoms with Crippen molar-refractivity contribution in [2.75, 3.05) is 32.8 Å². The number of amides is 5. The number of primary amides is 1. The van der Waals surface area contributed by atoms with Crippen molar-refractivity contribution < 1.29 is 33.4 Å². The number of nitrogens with one attached hydrogen (secondary N) is 4. The van der Waals surface area contributed by atoms with Crippen molar-refractivity contribution in [3.05, 3.63) is 42.0 Å². The van der Waals surface area contributed by atoms with Gasteiger partial charge in [0.1, 0.15) is 23.6 Å². The average Bonchev–Trinajstić information content (AvgIpc) is 4.05. The van der Waals surface area contributed by atoms with Gasteiger partial charge in [0.15, 0.2) is 0 Å². The van der Waals surface area contributed by atoms with E-state index in [2.05, 4.69) is 39.8 Å². The van der Waals surface area contributed by atoms with E-state index in [0.717, 1.165) is 44.9 Å². The number of nitrogens with zero attached hydrogens (tertiary/aromatic N) is 2. The number of unbranched alkanes of at least 4 members (excludes halogenated alkanes) is 21. The lowest BCUT2D eigenvalue weighted by Gasteiger charge is -2.28. The van der Waals surface area contributed by atoms with Gasteiger partial charge in [0.2, 0.25) is 23.6 Å². The molecule has 0 aliphatic carbocycles. The molecule has 1 aliphatic rings. The van der Waals surface area contributed by atoms with Gasteiger partial charge >= 0.3 is 0 Å². The number of imidazole rings is 1. The average molecular weight is 951 g/mol. The molecule has 1 aromatic carbocycles. The number of ether oxygens (including phenoxy) is 2. The van der Waals surface area contributed by atoms with Crippen LogP contribution in [0.15, 0.2) is 30.7 Å². The van der Waals surface area contributed by atoms with Crippen LogP contribution in [-0.4, -0.2) is 95.4 Å². The second-order valence-corrected chi connectivity index (χ2v) is 18.9. The van der Waals surface area contributed by atoms with Crippen molar-refractivity contribution in [2.45, 2.75) is 218 Å².